The summed E-state index contributed by atoms with van der Waals surface area (Å²) in [4.78, 5) is 43.2. The molecule has 3 aliphatic rings. The van der Waals surface area contributed by atoms with Gasteiger partial charge in [-0.25, -0.2) is 4.79 Å². The van der Waals surface area contributed by atoms with Gasteiger partial charge in [0.05, 0.1) is 6.04 Å². The van der Waals surface area contributed by atoms with E-state index in [0.717, 1.165) is 29.2 Å². The number of likely N-dealkylation sites (N-methyl/N-ethyl adjacent to an activating group) is 1. The van der Waals surface area contributed by atoms with Crippen LogP contribution in [-0.2, 0) is 16.0 Å². The Morgan fingerprint density at radius 2 is 1.88 bits per heavy atom. The predicted molar refractivity (Wildman–Crippen MR) is 87.5 cm³/mol. The summed E-state index contributed by atoms with van der Waals surface area (Å²) in [6.45, 7) is 2.22. The Kier molecular flexibility index (Phi) is 3.18. The van der Waals surface area contributed by atoms with E-state index in [9.17, 15) is 14.4 Å². The molecular formula is C17H20N4O3. The number of barbiturate groups is 1. The molecule has 4 rings (SSSR count). The molecule has 4 amide bonds. The Morgan fingerprint density at radius 3 is 2.67 bits per heavy atom. The number of imide groups is 2. The molecule has 2 saturated heterocycles. The molecule has 1 aromatic carbocycles. The first-order chi connectivity index (χ1) is 11.4. The van der Waals surface area contributed by atoms with Crippen LogP contribution in [0.2, 0.25) is 0 Å². The van der Waals surface area contributed by atoms with Gasteiger partial charge in [0.2, 0.25) is 11.8 Å². The molecular weight excluding hydrogens is 308 g/mol. The first-order valence-corrected chi connectivity index (χ1v) is 8.12. The lowest BCUT2D eigenvalue weighted by Crippen LogP contribution is -2.74. The number of rotatable bonds is 0. The quantitative estimate of drug-likeness (QED) is 0.682. The van der Waals surface area contributed by atoms with Gasteiger partial charge >= 0.3 is 6.03 Å². The highest BCUT2D eigenvalue weighted by Gasteiger charge is 2.61. The lowest BCUT2D eigenvalue weighted by atomic mass is 9.68. The first kappa shape index (κ1) is 15.1. The number of fused-ring (bicyclic) bond motifs is 4. The molecule has 0 aliphatic carbocycles. The van der Waals surface area contributed by atoms with Crippen LogP contribution in [0.15, 0.2) is 24.3 Å². The molecule has 1 spiro atoms. The molecule has 0 unspecified atom stereocenters. The van der Waals surface area contributed by atoms with Crippen molar-refractivity contribution in [2.75, 3.05) is 38.6 Å². The number of hydrogen-bond acceptors (Lipinski definition) is 5. The predicted octanol–water partition coefficient (Wildman–Crippen LogP) is 0.0577. The summed E-state index contributed by atoms with van der Waals surface area (Å²) in [6.07, 6.45) is 0.320. The average Bonchev–Trinajstić information content (AvgIpc) is 2.58. The molecule has 24 heavy (non-hydrogen) atoms. The Morgan fingerprint density at radius 1 is 1.12 bits per heavy atom. The number of nitrogens with one attached hydrogen (secondary N) is 1. The van der Waals surface area contributed by atoms with E-state index < -0.39 is 23.3 Å². The second-order valence-electron chi connectivity index (χ2n) is 6.87. The van der Waals surface area contributed by atoms with Crippen LogP contribution in [0.5, 0.6) is 0 Å². The SMILES string of the molecule is CN1CCN2c3ccccc3C[C@]3(C(=O)NC(=O)N(C)C3=O)[C@@H]2C1. The number of urea groups is 1. The average molecular weight is 328 g/mol. The van der Waals surface area contributed by atoms with Gasteiger partial charge in [0.1, 0.15) is 0 Å². The third-order valence-electron chi connectivity index (χ3n) is 5.54. The summed E-state index contributed by atoms with van der Waals surface area (Å²) >= 11 is 0. The van der Waals surface area contributed by atoms with E-state index in [1.165, 1.54) is 7.05 Å². The van der Waals surface area contributed by atoms with Crippen molar-refractivity contribution in [2.24, 2.45) is 5.41 Å². The summed E-state index contributed by atoms with van der Waals surface area (Å²) in [5, 5.41) is 2.38. The smallest absolute Gasteiger partial charge is 0.330 e. The van der Waals surface area contributed by atoms with E-state index in [1.54, 1.807) is 0 Å². The number of hydrogen-bond donors (Lipinski definition) is 1. The molecule has 0 saturated carbocycles. The largest absolute Gasteiger partial charge is 0.364 e. The van der Waals surface area contributed by atoms with Crippen LogP contribution < -0.4 is 10.2 Å². The molecule has 1 aromatic rings. The second kappa shape index (κ2) is 5.04. The topological polar surface area (TPSA) is 73.0 Å². The summed E-state index contributed by atoms with van der Waals surface area (Å²) in [6, 6.07) is 6.97. The van der Waals surface area contributed by atoms with Crippen molar-refractivity contribution < 1.29 is 14.4 Å². The van der Waals surface area contributed by atoms with Crippen molar-refractivity contribution >= 4 is 23.5 Å². The molecule has 2 fully saturated rings. The highest BCUT2D eigenvalue weighted by Crippen LogP contribution is 2.45. The minimum absolute atomic E-state index is 0.283. The molecule has 3 heterocycles. The standard InChI is InChI=1S/C17H20N4O3/c1-19-7-8-21-12-6-4-3-5-11(12)9-17(13(21)10-19)14(22)18-16(24)20(2)15(17)23/h3-6,13H,7-10H2,1-2H3,(H,18,22,24)/t13-,17+/m0/s1. The highest BCUT2D eigenvalue weighted by molar-refractivity contribution is 6.20. The van der Waals surface area contributed by atoms with Crippen LogP contribution in [0, 0.1) is 5.41 Å². The minimum atomic E-state index is -1.26. The van der Waals surface area contributed by atoms with Gasteiger partial charge in [-0.3, -0.25) is 19.8 Å². The third kappa shape index (κ3) is 1.84. The maximum absolute atomic E-state index is 13.1. The summed E-state index contributed by atoms with van der Waals surface area (Å²) in [5.74, 6) is -0.883. The third-order valence-corrected chi connectivity index (χ3v) is 5.54. The monoisotopic (exact) mass is 328 g/mol. The normalized spacial score (nSPS) is 30.2. The molecule has 1 N–H and O–H groups in total. The van der Waals surface area contributed by atoms with E-state index >= 15 is 0 Å². The summed E-state index contributed by atoms with van der Waals surface area (Å²) < 4.78 is 0. The zero-order chi connectivity index (χ0) is 17.1. The van der Waals surface area contributed by atoms with Crippen LogP contribution in [-0.4, -0.2) is 67.4 Å². The van der Waals surface area contributed by atoms with Gasteiger partial charge in [-0.15, -0.1) is 0 Å². The maximum Gasteiger partial charge on any atom is 0.330 e. The number of nitrogens with zero attached hydrogens (tertiary/aromatic N) is 3. The summed E-state index contributed by atoms with van der Waals surface area (Å²) in [7, 11) is 3.43. The number of benzene rings is 1. The molecule has 2 atom stereocenters. The molecule has 3 aliphatic heterocycles. The van der Waals surface area contributed by atoms with Crippen molar-refractivity contribution in [1.29, 1.82) is 0 Å². The lowest BCUT2D eigenvalue weighted by Gasteiger charge is -2.54. The lowest BCUT2D eigenvalue weighted by molar-refractivity contribution is -0.153. The maximum atomic E-state index is 13.1. The van der Waals surface area contributed by atoms with E-state index in [2.05, 4.69) is 15.1 Å². The molecule has 0 bridgehead atoms. The van der Waals surface area contributed by atoms with Gasteiger partial charge in [0.15, 0.2) is 5.41 Å². The van der Waals surface area contributed by atoms with Gasteiger partial charge in [-0.05, 0) is 25.1 Å². The fourth-order valence-electron chi connectivity index (χ4n) is 4.22. The Bertz CT molecular complexity index is 749. The van der Waals surface area contributed by atoms with Crippen molar-refractivity contribution in [1.82, 2.24) is 15.1 Å². The van der Waals surface area contributed by atoms with Crippen molar-refractivity contribution in [3.63, 3.8) is 0 Å². The van der Waals surface area contributed by atoms with Crippen LogP contribution in [0.4, 0.5) is 10.5 Å². The van der Waals surface area contributed by atoms with Crippen LogP contribution in [0.25, 0.3) is 0 Å². The first-order valence-electron chi connectivity index (χ1n) is 8.12. The van der Waals surface area contributed by atoms with Crippen molar-refractivity contribution in [2.45, 2.75) is 12.5 Å². The molecule has 0 aromatic heterocycles. The molecule has 0 radical (unpaired) electrons. The summed E-state index contributed by atoms with van der Waals surface area (Å²) in [5.41, 5.74) is 0.803. The number of carbonyl (C=O) groups is 3. The van der Waals surface area contributed by atoms with Crippen molar-refractivity contribution in [3.8, 4) is 0 Å². The minimum Gasteiger partial charge on any atom is -0.364 e. The van der Waals surface area contributed by atoms with Gasteiger partial charge in [0, 0.05) is 32.4 Å². The number of carbonyl (C=O) groups excluding carboxylic acids is 3. The Hall–Kier alpha value is -2.41. The van der Waals surface area contributed by atoms with E-state index in [4.69, 9.17) is 0 Å². The molecule has 7 nitrogen and oxygen atoms in total. The van der Waals surface area contributed by atoms with Crippen LogP contribution in [0.3, 0.4) is 0 Å². The van der Waals surface area contributed by atoms with Gasteiger partial charge in [-0.2, -0.15) is 0 Å². The van der Waals surface area contributed by atoms with E-state index in [-0.39, 0.29) is 6.04 Å². The van der Waals surface area contributed by atoms with Crippen LogP contribution >= 0.6 is 0 Å². The fourth-order valence-corrected chi connectivity index (χ4v) is 4.22. The van der Waals surface area contributed by atoms with E-state index in [0.29, 0.717) is 13.0 Å². The zero-order valence-corrected chi connectivity index (χ0v) is 13.8. The highest BCUT2D eigenvalue weighted by atomic mass is 16.2. The Balaban J connectivity index is 1.89. The van der Waals surface area contributed by atoms with Crippen LogP contribution in [0.1, 0.15) is 5.56 Å². The fraction of sp³-hybridized carbons (Fsp3) is 0.471. The molecule has 7 heteroatoms. The second-order valence-corrected chi connectivity index (χ2v) is 6.87. The number of anilines is 1. The van der Waals surface area contributed by atoms with E-state index in [1.807, 2.05) is 31.3 Å². The number of piperazine rings is 1. The number of para-hydroxylation sites is 1. The van der Waals surface area contributed by atoms with Gasteiger partial charge in [0.25, 0.3) is 0 Å². The molecule has 126 valence electrons. The zero-order valence-electron chi connectivity index (χ0n) is 13.8. The van der Waals surface area contributed by atoms with Gasteiger partial charge < -0.3 is 9.80 Å². The number of amides is 4. The van der Waals surface area contributed by atoms with Crippen molar-refractivity contribution in [3.05, 3.63) is 29.8 Å². The van der Waals surface area contributed by atoms with Gasteiger partial charge in [-0.1, -0.05) is 18.2 Å². The Labute approximate surface area is 140 Å².